The number of likely N-dealkylation sites (tertiary alicyclic amines) is 1. The van der Waals surface area contributed by atoms with Crippen LogP contribution in [-0.4, -0.2) is 62.8 Å². The van der Waals surface area contributed by atoms with Gasteiger partial charge in [-0.1, -0.05) is 25.3 Å². The van der Waals surface area contributed by atoms with Crippen LogP contribution >= 0.6 is 0 Å². The van der Waals surface area contributed by atoms with Crippen molar-refractivity contribution in [3.8, 4) is 0 Å². The number of aliphatic hydroxyl groups excluding tert-OH is 2. The van der Waals surface area contributed by atoms with Crippen LogP contribution in [-0.2, 0) is 20.9 Å². The van der Waals surface area contributed by atoms with Gasteiger partial charge in [-0.25, -0.2) is 0 Å². The summed E-state index contributed by atoms with van der Waals surface area (Å²) in [6.45, 7) is -0.406. The normalized spacial score (nSPS) is 27.4. The maximum absolute atomic E-state index is 13.8. The first-order valence-electron chi connectivity index (χ1n) is 14.8. The molecule has 4 heterocycles. The van der Waals surface area contributed by atoms with Gasteiger partial charge in [0.15, 0.2) is 0 Å². The van der Waals surface area contributed by atoms with E-state index >= 15 is 0 Å². The van der Waals surface area contributed by atoms with Crippen LogP contribution < -0.4 is 0 Å². The molecular formula is C31H37BN2O7. The topological polar surface area (TPSA) is 133 Å². The van der Waals surface area contributed by atoms with Crippen molar-refractivity contribution in [2.24, 2.45) is 17.8 Å². The summed E-state index contributed by atoms with van der Waals surface area (Å²) in [7, 11) is -1.07. The highest BCUT2D eigenvalue weighted by molar-refractivity contribution is 6.43. The lowest BCUT2D eigenvalue weighted by molar-refractivity contribution is -0.143. The van der Waals surface area contributed by atoms with Crippen LogP contribution in [0.25, 0.3) is 11.6 Å². The van der Waals surface area contributed by atoms with Gasteiger partial charge in [-0.3, -0.25) is 19.5 Å². The molecule has 0 spiro atoms. The van der Waals surface area contributed by atoms with Gasteiger partial charge in [0.05, 0.1) is 30.2 Å². The zero-order valence-corrected chi connectivity index (χ0v) is 23.2. The van der Waals surface area contributed by atoms with Gasteiger partial charge >= 0.3 is 7.12 Å². The number of hydrogen-bond donors (Lipinski definition) is 3. The minimum Gasteiger partial charge on any atom is -0.459 e. The SMILES string of the molecule is O=C1[C@@H]2[C@@H](CC(CO)=C3[C@@H](CC/C(=C/c4ccc(CO)o4)c4ccccn4)OB(O)C[C@@H]32)C(=O)N1C1CCCCC1. The summed E-state index contributed by atoms with van der Waals surface area (Å²) in [5, 5.41) is 30.7. The molecule has 3 N–H and O–H groups in total. The van der Waals surface area contributed by atoms with Gasteiger partial charge in [-0.2, -0.15) is 0 Å². The average Bonchev–Trinajstić information content (AvgIpc) is 3.56. The zero-order chi connectivity index (χ0) is 28.5. The Morgan fingerprint density at radius 3 is 2.59 bits per heavy atom. The van der Waals surface area contributed by atoms with E-state index in [1.165, 1.54) is 4.90 Å². The zero-order valence-electron chi connectivity index (χ0n) is 23.2. The molecule has 0 radical (unpaired) electrons. The largest absolute Gasteiger partial charge is 0.459 e. The fourth-order valence-electron chi connectivity index (χ4n) is 7.48. The van der Waals surface area contributed by atoms with Crippen LogP contribution in [0.2, 0.25) is 6.32 Å². The Bertz CT molecular complexity index is 1330. The molecule has 2 saturated heterocycles. The summed E-state index contributed by atoms with van der Waals surface area (Å²) in [5.74, 6) is -0.552. The second-order valence-corrected chi connectivity index (χ2v) is 11.7. The maximum Gasteiger partial charge on any atom is 0.455 e. The van der Waals surface area contributed by atoms with E-state index in [0.29, 0.717) is 30.8 Å². The van der Waals surface area contributed by atoms with E-state index in [-0.39, 0.29) is 43.3 Å². The predicted molar refractivity (Wildman–Crippen MR) is 152 cm³/mol. The fraction of sp³-hybridized carbons (Fsp3) is 0.516. The molecule has 3 fully saturated rings. The number of fused-ring (bicyclic) bond motifs is 3. The number of aliphatic hydroxyl groups is 2. The summed E-state index contributed by atoms with van der Waals surface area (Å²) in [4.78, 5) is 33.5. The lowest BCUT2D eigenvalue weighted by Gasteiger charge is -2.43. The number of pyridine rings is 1. The number of furan rings is 1. The molecule has 0 bridgehead atoms. The van der Waals surface area contributed by atoms with E-state index in [2.05, 4.69) is 4.98 Å². The van der Waals surface area contributed by atoms with Gasteiger partial charge in [0.25, 0.3) is 0 Å². The minimum absolute atomic E-state index is 0.0463. The molecule has 4 atom stereocenters. The molecule has 2 amide bonds. The van der Waals surface area contributed by atoms with Gasteiger partial charge in [0, 0.05) is 12.2 Å². The summed E-state index contributed by atoms with van der Waals surface area (Å²) in [6.07, 6.45) is 9.53. The highest BCUT2D eigenvalue weighted by Crippen LogP contribution is 2.51. The molecular weight excluding hydrogens is 523 g/mol. The van der Waals surface area contributed by atoms with Crippen LogP contribution in [0.15, 0.2) is 52.1 Å². The Morgan fingerprint density at radius 2 is 1.88 bits per heavy atom. The number of hydrogen-bond acceptors (Lipinski definition) is 8. The Kier molecular flexibility index (Phi) is 8.26. The van der Waals surface area contributed by atoms with E-state index in [1.807, 2.05) is 24.3 Å². The van der Waals surface area contributed by atoms with E-state index < -0.39 is 25.1 Å². The molecule has 0 unspecified atom stereocenters. The Hall–Kier alpha value is -3.05. The summed E-state index contributed by atoms with van der Waals surface area (Å²) >= 11 is 0. The number of nitrogens with zero attached hydrogens (tertiary/aromatic N) is 2. The Morgan fingerprint density at radius 1 is 1.05 bits per heavy atom. The maximum atomic E-state index is 13.8. The monoisotopic (exact) mass is 560 g/mol. The standard InChI is InChI=1S/C31H37BN2O7/c35-17-20-15-24-29(31(38)34(30(24)37)21-6-2-1-3-7-21)25-16-32(39)41-27(28(20)25)12-9-19(26-8-4-5-13-33-26)14-22-10-11-23(18-36)40-22/h4-5,8,10-11,13-14,21,24-25,27,29,35-36,39H,1-3,6-7,9,12,15-18H2/b19-14-/t24-,25+,27-,29-/m1/s1. The number of amides is 2. The fourth-order valence-corrected chi connectivity index (χ4v) is 7.48. The molecule has 1 saturated carbocycles. The van der Waals surface area contributed by atoms with Crippen molar-refractivity contribution in [1.29, 1.82) is 0 Å². The molecule has 0 aromatic carbocycles. The summed E-state index contributed by atoms with van der Waals surface area (Å²) in [6, 6.07) is 9.13. The molecule has 2 aliphatic carbocycles. The molecule has 216 valence electrons. The number of rotatable bonds is 8. The molecule has 4 aliphatic rings. The Balaban J connectivity index is 1.28. The molecule has 6 rings (SSSR count). The highest BCUT2D eigenvalue weighted by atomic mass is 16.5. The predicted octanol–water partition coefficient (Wildman–Crippen LogP) is 3.61. The van der Waals surface area contributed by atoms with Gasteiger partial charge in [0.2, 0.25) is 11.8 Å². The van der Waals surface area contributed by atoms with Crippen molar-refractivity contribution in [2.45, 2.75) is 76.4 Å². The molecule has 9 nitrogen and oxygen atoms in total. The van der Waals surface area contributed by atoms with Crippen molar-refractivity contribution in [3.63, 3.8) is 0 Å². The third kappa shape index (κ3) is 5.46. The Labute approximate surface area is 240 Å². The third-order valence-electron chi connectivity index (χ3n) is 9.30. The summed E-state index contributed by atoms with van der Waals surface area (Å²) in [5.41, 5.74) is 3.27. The quantitative estimate of drug-likeness (QED) is 0.253. The number of carbonyl (C=O) groups is 2. The van der Waals surface area contributed by atoms with Crippen molar-refractivity contribution < 1.29 is 33.9 Å². The second kappa shape index (κ2) is 12.1. The van der Waals surface area contributed by atoms with Gasteiger partial charge in [0.1, 0.15) is 18.1 Å². The average molecular weight is 560 g/mol. The van der Waals surface area contributed by atoms with Crippen molar-refractivity contribution >= 4 is 30.6 Å². The molecule has 2 aliphatic heterocycles. The lowest BCUT2D eigenvalue weighted by Crippen LogP contribution is -2.47. The number of carbonyl (C=O) groups excluding carboxylic acids is 2. The first-order valence-corrected chi connectivity index (χ1v) is 14.8. The summed E-state index contributed by atoms with van der Waals surface area (Å²) < 4.78 is 11.8. The van der Waals surface area contributed by atoms with Crippen molar-refractivity contribution in [3.05, 3.63) is 64.9 Å². The van der Waals surface area contributed by atoms with Crippen molar-refractivity contribution in [1.82, 2.24) is 9.88 Å². The minimum atomic E-state index is -1.07. The molecule has 41 heavy (non-hydrogen) atoms. The number of aromatic nitrogens is 1. The van der Waals surface area contributed by atoms with E-state index in [0.717, 1.165) is 54.5 Å². The highest BCUT2D eigenvalue weighted by Gasteiger charge is 2.58. The van der Waals surface area contributed by atoms with Crippen LogP contribution in [0.4, 0.5) is 0 Å². The van der Waals surface area contributed by atoms with Crippen LogP contribution in [0.5, 0.6) is 0 Å². The first kappa shape index (κ1) is 28.1. The smallest absolute Gasteiger partial charge is 0.455 e. The van der Waals surface area contributed by atoms with Crippen molar-refractivity contribution in [2.75, 3.05) is 6.61 Å². The first-order chi connectivity index (χ1) is 20.0. The van der Waals surface area contributed by atoms with Gasteiger partial charge in [-0.15, -0.1) is 0 Å². The second-order valence-electron chi connectivity index (χ2n) is 11.7. The van der Waals surface area contributed by atoms with Gasteiger partial charge in [-0.05, 0) is 91.4 Å². The molecule has 10 heteroatoms. The van der Waals surface area contributed by atoms with Gasteiger partial charge < -0.3 is 24.3 Å². The third-order valence-corrected chi connectivity index (χ3v) is 9.30. The van der Waals surface area contributed by atoms with E-state index in [4.69, 9.17) is 9.07 Å². The van der Waals surface area contributed by atoms with E-state index in [9.17, 15) is 24.8 Å². The lowest BCUT2D eigenvalue weighted by atomic mass is 9.58. The van der Waals surface area contributed by atoms with Crippen LogP contribution in [0.3, 0.4) is 0 Å². The number of imide groups is 1. The van der Waals surface area contributed by atoms with Crippen LogP contribution in [0, 0.1) is 17.8 Å². The molecule has 2 aromatic heterocycles. The molecule has 2 aromatic rings. The van der Waals surface area contributed by atoms with E-state index in [1.54, 1.807) is 18.3 Å². The number of allylic oxidation sites excluding steroid dienone is 1. The van der Waals surface area contributed by atoms with Crippen LogP contribution in [0.1, 0.15) is 68.6 Å².